The molecular formula is C9H17N7O2P2. The molecule has 0 unspecified atom stereocenters. The highest BCUT2D eigenvalue weighted by molar-refractivity contribution is 7.61. The van der Waals surface area contributed by atoms with E-state index in [1.54, 1.807) is 18.2 Å². The summed E-state index contributed by atoms with van der Waals surface area (Å²) in [5.74, 6) is 0. The summed E-state index contributed by atoms with van der Waals surface area (Å²) in [6, 6.07) is 3.12. The third kappa shape index (κ3) is 3.04. The molecular weight excluding hydrogens is 300 g/mol. The van der Waals surface area contributed by atoms with Crippen LogP contribution in [0.2, 0.25) is 0 Å². The van der Waals surface area contributed by atoms with Gasteiger partial charge in [-0.05, 0) is 12.1 Å². The van der Waals surface area contributed by atoms with Gasteiger partial charge in [0.25, 0.3) is 7.59 Å². The van der Waals surface area contributed by atoms with Crippen LogP contribution in [0.1, 0.15) is 5.56 Å². The average molecular weight is 317 g/mol. The Kier molecular flexibility index (Phi) is 3.68. The van der Waals surface area contributed by atoms with Gasteiger partial charge in [-0.2, -0.15) is 0 Å². The van der Waals surface area contributed by atoms with Crippen molar-refractivity contribution < 1.29 is 9.13 Å². The minimum Gasteiger partial charge on any atom is -0.398 e. The van der Waals surface area contributed by atoms with Crippen LogP contribution in [0.15, 0.2) is 18.2 Å². The molecule has 0 atom stereocenters. The molecule has 1 aromatic carbocycles. The summed E-state index contributed by atoms with van der Waals surface area (Å²) in [6.07, 6.45) is 3.46. The standard InChI is InChI=1S/C9H17N7O2P2/c10-7-3-4-8(15-19(11,12)17)9-6(7)2-1-5-16(9)20(13,14)18/h1-4H,5,10H2,(H4,13,14,18)(H5,11,12,15,17). The van der Waals surface area contributed by atoms with Gasteiger partial charge in [0, 0.05) is 17.8 Å². The van der Waals surface area contributed by atoms with E-state index >= 15 is 0 Å². The Balaban J connectivity index is 2.65. The number of fused-ring (bicyclic) bond motifs is 1. The van der Waals surface area contributed by atoms with E-state index < -0.39 is 15.2 Å². The second kappa shape index (κ2) is 4.89. The highest BCUT2D eigenvalue weighted by Gasteiger charge is 2.29. The van der Waals surface area contributed by atoms with Crippen molar-refractivity contribution in [2.75, 3.05) is 22.0 Å². The summed E-state index contributed by atoms with van der Waals surface area (Å²) in [7, 11) is -7.11. The van der Waals surface area contributed by atoms with E-state index in [4.69, 9.17) is 27.8 Å². The van der Waals surface area contributed by atoms with E-state index in [1.165, 1.54) is 10.7 Å². The molecule has 1 heterocycles. The zero-order chi connectivity index (χ0) is 15.1. The van der Waals surface area contributed by atoms with Crippen molar-refractivity contribution >= 4 is 38.3 Å². The molecule has 11 heteroatoms. The molecule has 0 radical (unpaired) electrons. The van der Waals surface area contributed by atoms with Gasteiger partial charge in [0.05, 0.1) is 11.4 Å². The van der Waals surface area contributed by atoms with E-state index in [2.05, 4.69) is 5.09 Å². The quantitative estimate of drug-likeness (QED) is 0.343. The lowest BCUT2D eigenvalue weighted by Gasteiger charge is -2.33. The predicted molar refractivity (Wildman–Crippen MR) is 82.8 cm³/mol. The predicted octanol–water partition coefficient (Wildman–Crippen LogP) is 0.565. The van der Waals surface area contributed by atoms with Crippen molar-refractivity contribution in [2.45, 2.75) is 0 Å². The molecule has 2 rings (SSSR count). The second-order valence-electron chi connectivity index (χ2n) is 4.44. The molecule has 0 saturated heterocycles. The monoisotopic (exact) mass is 317 g/mol. The first-order chi connectivity index (χ1) is 9.09. The molecule has 0 bridgehead atoms. The van der Waals surface area contributed by atoms with Crippen molar-refractivity contribution in [3.05, 3.63) is 23.8 Å². The van der Waals surface area contributed by atoms with E-state index in [-0.39, 0.29) is 6.54 Å². The van der Waals surface area contributed by atoms with Gasteiger partial charge in [0.1, 0.15) is 0 Å². The summed E-state index contributed by atoms with van der Waals surface area (Å²) in [5, 5.41) is 2.49. The van der Waals surface area contributed by atoms with Gasteiger partial charge < -0.3 is 10.8 Å². The maximum Gasteiger partial charge on any atom is 0.301 e. The number of benzene rings is 1. The topological polar surface area (TPSA) is 180 Å². The van der Waals surface area contributed by atoms with Crippen LogP contribution in [0.3, 0.4) is 0 Å². The summed E-state index contributed by atoms with van der Waals surface area (Å²) >= 11 is 0. The van der Waals surface area contributed by atoms with Crippen LogP contribution in [0, 0.1) is 0 Å². The number of hydrogen-bond acceptors (Lipinski definition) is 3. The van der Waals surface area contributed by atoms with Crippen molar-refractivity contribution in [3.8, 4) is 0 Å². The maximum absolute atomic E-state index is 12.0. The van der Waals surface area contributed by atoms with Crippen LogP contribution in [0.4, 0.5) is 17.1 Å². The van der Waals surface area contributed by atoms with Gasteiger partial charge in [-0.15, -0.1) is 0 Å². The summed E-state index contributed by atoms with van der Waals surface area (Å²) in [5.41, 5.74) is 29.2. The first kappa shape index (κ1) is 15.1. The third-order valence-electron chi connectivity index (χ3n) is 2.74. The van der Waals surface area contributed by atoms with Crippen molar-refractivity contribution in [1.82, 2.24) is 0 Å². The summed E-state index contributed by atoms with van der Waals surface area (Å²) in [6.45, 7) is 0.231. The fourth-order valence-electron chi connectivity index (χ4n) is 2.00. The number of rotatable bonds is 3. The van der Waals surface area contributed by atoms with E-state index in [1.807, 2.05) is 0 Å². The van der Waals surface area contributed by atoms with E-state index in [0.717, 1.165) is 0 Å². The molecule has 20 heavy (non-hydrogen) atoms. The van der Waals surface area contributed by atoms with Crippen molar-refractivity contribution in [3.63, 3.8) is 0 Å². The molecule has 110 valence electrons. The second-order valence-corrected chi connectivity index (χ2v) is 7.91. The Hall–Kier alpha value is -1.34. The zero-order valence-corrected chi connectivity index (χ0v) is 12.4. The molecule has 0 amide bonds. The Labute approximate surface area is 116 Å². The molecule has 0 spiro atoms. The van der Waals surface area contributed by atoms with Crippen LogP contribution in [-0.4, -0.2) is 6.54 Å². The fraction of sp³-hybridized carbons (Fsp3) is 0.111. The Morgan fingerprint density at radius 3 is 2.35 bits per heavy atom. The molecule has 0 fully saturated rings. The molecule has 1 aliphatic rings. The largest absolute Gasteiger partial charge is 0.398 e. The van der Waals surface area contributed by atoms with Crippen LogP contribution in [-0.2, 0) is 9.13 Å². The van der Waals surface area contributed by atoms with Crippen LogP contribution >= 0.6 is 15.2 Å². The van der Waals surface area contributed by atoms with Crippen LogP contribution < -0.4 is 37.5 Å². The van der Waals surface area contributed by atoms with Gasteiger partial charge in [-0.1, -0.05) is 12.2 Å². The van der Waals surface area contributed by atoms with Gasteiger partial charge in [0.15, 0.2) is 0 Å². The summed E-state index contributed by atoms with van der Waals surface area (Å²) < 4.78 is 24.9. The van der Waals surface area contributed by atoms with E-state index in [9.17, 15) is 9.13 Å². The van der Waals surface area contributed by atoms with Gasteiger partial charge in [-0.3, -0.25) is 35.8 Å². The normalized spacial score (nSPS) is 15.1. The summed E-state index contributed by atoms with van der Waals surface area (Å²) in [4.78, 5) is 0. The number of anilines is 3. The molecule has 1 aliphatic heterocycles. The van der Waals surface area contributed by atoms with Crippen molar-refractivity contribution in [1.29, 1.82) is 0 Å². The lowest BCUT2D eigenvalue weighted by molar-refractivity contribution is 0.573. The molecule has 0 saturated carbocycles. The first-order valence-electron chi connectivity index (χ1n) is 5.59. The number of hydrogen-bond donors (Lipinski definition) is 6. The Bertz CT molecular complexity index is 663. The SMILES string of the molecule is Nc1ccc(NP(N)(N)=O)c2c1C=CCN2P(N)(N)=O. The lowest BCUT2D eigenvalue weighted by Crippen LogP contribution is -2.32. The van der Waals surface area contributed by atoms with Crippen LogP contribution in [0.25, 0.3) is 6.08 Å². The lowest BCUT2D eigenvalue weighted by atomic mass is 10.1. The van der Waals surface area contributed by atoms with Crippen LogP contribution in [0.5, 0.6) is 0 Å². The molecule has 9 nitrogen and oxygen atoms in total. The van der Waals surface area contributed by atoms with Gasteiger partial charge >= 0.3 is 7.59 Å². The van der Waals surface area contributed by atoms with E-state index in [0.29, 0.717) is 22.6 Å². The first-order valence-corrected chi connectivity index (χ1v) is 9.23. The highest BCUT2D eigenvalue weighted by atomic mass is 31.2. The molecule has 11 N–H and O–H groups in total. The van der Waals surface area contributed by atoms with Gasteiger partial charge in [0.2, 0.25) is 0 Å². The maximum atomic E-state index is 12.0. The number of nitrogen functional groups attached to an aromatic ring is 1. The third-order valence-corrected chi connectivity index (χ3v) is 4.45. The Morgan fingerprint density at radius 1 is 1.15 bits per heavy atom. The minimum absolute atomic E-state index is 0.231. The molecule has 1 aromatic rings. The average Bonchev–Trinajstić information content (AvgIpc) is 2.29. The minimum atomic E-state index is -3.57. The van der Waals surface area contributed by atoms with Crippen molar-refractivity contribution in [2.24, 2.45) is 22.0 Å². The van der Waals surface area contributed by atoms with Gasteiger partial charge in [-0.25, -0.2) is 0 Å². The number of nitrogens with zero attached hydrogens (tertiary/aromatic N) is 1. The smallest absolute Gasteiger partial charge is 0.301 e. The number of nitrogens with two attached hydrogens (primary N) is 5. The molecule has 0 aromatic heterocycles. The highest BCUT2D eigenvalue weighted by Crippen LogP contribution is 2.48. The zero-order valence-electron chi connectivity index (χ0n) is 10.6. The Morgan fingerprint density at radius 2 is 1.80 bits per heavy atom. The number of nitrogens with one attached hydrogen (secondary N) is 1. The molecule has 0 aliphatic carbocycles. The fourth-order valence-corrected chi connectivity index (χ4v) is 3.44.